The molecule has 0 atom stereocenters. The largest absolute Gasteiger partial charge is 0.334 e. The maximum Gasteiger partial charge on any atom is 0.254 e. The number of carbonyl (C=O) groups excluding carboxylic acids is 1. The third kappa shape index (κ3) is 1.70. The van der Waals surface area contributed by atoms with Crippen molar-refractivity contribution in [2.75, 3.05) is 11.6 Å². The lowest BCUT2D eigenvalue weighted by Gasteiger charge is -2.29. The number of hydrogen-bond acceptors (Lipinski definition) is 3. The Bertz CT molecular complexity index is 576. The molecule has 0 saturated heterocycles. The molecule has 2 aromatic rings. The SMILES string of the molecule is Cc1ccc(N2CNC(=O)c3ccccc32)s1. The van der Waals surface area contributed by atoms with Gasteiger partial charge in [0.2, 0.25) is 0 Å². The minimum absolute atomic E-state index is 0.00475. The van der Waals surface area contributed by atoms with Crippen LogP contribution < -0.4 is 10.2 Å². The summed E-state index contributed by atoms with van der Waals surface area (Å²) >= 11 is 1.73. The lowest BCUT2D eigenvalue weighted by molar-refractivity contribution is 0.0949. The molecule has 2 heterocycles. The topological polar surface area (TPSA) is 32.3 Å². The molecule has 0 spiro atoms. The maximum absolute atomic E-state index is 11.7. The quantitative estimate of drug-likeness (QED) is 0.836. The highest BCUT2D eigenvalue weighted by Gasteiger charge is 2.23. The van der Waals surface area contributed by atoms with Gasteiger partial charge in [-0.25, -0.2) is 0 Å². The Kier molecular flexibility index (Phi) is 2.37. The Labute approximate surface area is 104 Å². The summed E-state index contributed by atoms with van der Waals surface area (Å²) in [6.07, 6.45) is 0. The van der Waals surface area contributed by atoms with Crippen molar-refractivity contribution in [1.82, 2.24) is 5.32 Å². The molecule has 0 unspecified atom stereocenters. The number of carbonyl (C=O) groups is 1. The van der Waals surface area contributed by atoms with Gasteiger partial charge in [-0.05, 0) is 31.2 Å². The number of aryl methyl sites for hydroxylation is 1. The molecule has 1 amide bonds. The fourth-order valence-corrected chi connectivity index (χ4v) is 2.87. The van der Waals surface area contributed by atoms with E-state index < -0.39 is 0 Å². The first-order chi connectivity index (χ1) is 8.25. The van der Waals surface area contributed by atoms with Crippen LogP contribution in [0.4, 0.5) is 10.7 Å². The highest BCUT2D eigenvalue weighted by Crippen LogP contribution is 2.34. The van der Waals surface area contributed by atoms with Crippen LogP contribution in [0.2, 0.25) is 0 Å². The number of thiophene rings is 1. The minimum Gasteiger partial charge on any atom is -0.334 e. The zero-order chi connectivity index (χ0) is 11.8. The molecule has 86 valence electrons. The van der Waals surface area contributed by atoms with Crippen molar-refractivity contribution in [3.63, 3.8) is 0 Å². The number of rotatable bonds is 1. The smallest absolute Gasteiger partial charge is 0.254 e. The van der Waals surface area contributed by atoms with Gasteiger partial charge < -0.3 is 10.2 Å². The van der Waals surface area contributed by atoms with Gasteiger partial charge in [0, 0.05) is 4.88 Å². The van der Waals surface area contributed by atoms with Crippen LogP contribution in [0.15, 0.2) is 36.4 Å². The van der Waals surface area contributed by atoms with Gasteiger partial charge in [-0.15, -0.1) is 11.3 Å². The number of fused-ring (bicyclic) bond motifs is 1. The normalized spacial score (nSPS) is 14.4. The van der Waals surface area contributed by atoms with Crippen LogP contribution in [0.1, 0.15) is 15.2 Å². The molecular formula is C13H12N2OS. The Morgan fingerprint density at radius 2 is 2.06 bits per heavy atom. The third-order valence-electron chi connectivity index (χ3n) is 2.83. The second-order valence-corrected chi connectivity index (χ2v) is 5.26. The molecule has 1 aliphatic rings. The number of para-hydroxylation sites is 1. The molecule has 0 saturated carbocycles. The van der Waals surface area contributed by atoms with E-state index in [2.05, 4.69) is 29.3 Å². The van der Waals surface area contributed by atoms with E-state index >= 15 is 0 Å². The molecule has 0 fully saturated rings. The van der Waals surface area contributed by atoms with Crippen LogP contribution in [-0.4, -0.2) is 12.6 Å². The summed E-state index contributed by atoms with van der Waals surface area (Å²) in [5, 5.41) is 4.05. The van der Waals surface area contributed by atoms with Gasteiger partial charge in [-0.1, -0.05) is 12.1 Å². The van der Waals surface area contributed by atoms with E-state index in [1.807, 2.05) is 24.3 Å². The van der Waals surface area contributed by atoms with E-state index in [-0.39, 0.29) is 5.91 Å². The van der Waals surface area contributed by atoms with Gasteiger partial charge in [0.1, 0.15) is 0 Å². The molecule has 1 aromatic heterocycles. The van der Waals surface area contributed by atoms with Gasteiger partial charge in [0.25, 0.3) is 5.91 Å². The molecule has 0 radical (unpaired) electrons. The van der Waals surface area contributed by atoms with Crippen molar-refractivity contribution in [2.45, 2.75) is 6.92 Å². The zero-order valence-electron chi connectivity index (χ0n) is 9.43. The molecule has 1 aliphatic heterocycles. The first-order valence-electron chi connectivity index (χ1n) is 5.47. The van der Waals surface area contributed by atoms with Crippen LogP contribution in [-0.2, 0) is 0 Å². The highest BCUT2D eigenvalue weighted by molar-refractivity contribution is 7.16. The maximum atomic E-state index is 11.7. The number of benzene rings is 1. The van der Waals surface area contributed by atoms with Crippen LogP contribution in [0.5, 0.6) is 0 Å². The number of amides is 1. The number of nitrogens with one attached hydrogen (secondary N) is 1. The standard InChI is InChI=1S/C13H12N2OS/c1-9-6-7-12(17-9)15-8-14-13(16)10-4-2-3-5-11(10)15/h2-7H,8H2,1H3,(H,14,16). The molecule has 4 heteroatoms. The summed E-state index contributed by atoms with van der Waals surface area (Å²) < 4.78 is 0. The first-order valence-corrected chi connectivity index (χ1v) is 6.28. The van der Waals surface area contributed by atoms with E-state index in [4.69, 9.17) is 0 Å². The fourth-order valence-electron chi connectivity index (χ4n) is 2.00. The summed E-state index contributed by atoms with van der Waals surface area (Å²) in [6, 6.07) is 11.9. The van der Waals surface area contributed by atoms with Crippen molar-refractivity contribution in [2.24, 2.45) is 0 Å². The van der Waals surface area contributed by atoms with E-state index in [1.54, 1.807) is 11.3 Å². The zero-order valence-corrected chi connectivity index (χ0v) is 10.3. The summed E-state index contributed by atoms with van der Waals surface area (Å²) in [4.78, 5) is 15.1. The molecule has 0 bridgehead atoms. The molecule has 3 nitrogen and oxygen atoms in total. The van der Waals surface area contributed by atoms with E-state index in [9.17, 15) is 4.79 Å². The average molecular weight is 244 g/mol. The van der Waals surface area contributed by atoms with Gasteiger partial charge >= 0.3 is 0 Å². The van der Waals surface area contributed by atoms with Crippen LogP contribution in [0.3, 0.4) is 0 Å². The Morgan fingerprint density at radius 1 is 1.24 bits per heavy atom. The highest BCUT2D eigenvalue weighted by atomic mass is 32.1. The first kappa shape index (κ1) is 10.4. The van der Waals surface area contributed by atoms with Gasteiger partial charge in [0.05, 0.1) is 22.9 Å². The van der Waals surface area contributed by atoms with Crippen molar-refractivity contribution in [3.05, 3.63) is 46.8 Å². The molecule has 1 N–H and O–H groups in total. The fraction of sp³-hybridized carbons (Fsp3) is 0.154. The lowest BCUT2D eigenvalue weighted by atomic mass is 10.1. The van der Waals surface area contributed by atoms with E-state index in [1.165, 1.54) is 4.88 Å². The summed E-state index contributed by atoms with van der Waals surface area (Å²) in [6.45, 7) is 2.62. The van der Waals surface area contributed by atoms with E-state index in [0.29, 0.717) is 6.67 Å². The Hall–Kier alpha value is -1.81. The molecule has 0 aliphatic carbocycles. The minimum atomic E-state index is 0.00475. The summed E-state index contributed by atoms with van der Waals surface area (Å²) in [5.74, 6) is 0.00475. The second-order valence-electron chi connectivity index (χ2n) is 3.99. The number of nitrogens with zero attached hydrogens (tertiary/aromatic N) is 1. The monoisotopic (exact) mass is 244 g/mol. The predicted octanol–water partition coefficient (Wildman–Crippen LogP) is 2.90. The van der Waals surface area contributed by atoms with Crippen LogP contribution in [0, 0.1) is 6.92 Å². The summed E-state index contributed by atoms with van der Waals surface area (Å²) in [5.41, 5.74) is 1.72. The second kappa shape index (κ2) is 3.89. The van der Waals surface area contributed by atoms with Crippen molar-refractivity contribution < 1.29 is 4.79 Å². The van der Waals surface area contributed by atoms with Crippen molar-refractivity contribution in [3.8, 4) is 0 Å². The van der Waals surface area contributed by atoms with Crippen LogP contribution >= 0.6 is 11.3 Å². The summed E-state index contributed by atoms with van der Waals surface area (Å²) in [7, 11) is 0. The average Bonchev–Trinajstić information content (AvgIpc) is 2.77. The van der Waals surface area contributed by atoms with E-state index in [0.717, 1.165) is 16.3 Å². The molecule has 17 heavy (non-hydrogen) atoms. The molecule has 3 rings (SSSR count). The van der Waals surface area contributed by atoms with Gasteiger partial charge in [0.15, 0.2) is 0 Å². The van der Waals surface area contributed by atoms with Gasteiger partial charge in [-0.3, -0.25) is 4.79 Å². The van der Waals surface area contributed by atoms with Crippen molar-refractivity contribution in [1.29, 1.82) is 0 Å². The lowest BCUT2D eigenvalue weighted by Crippen LogP contribution is -2.40. The van der Waals surface area contributed by atoms with Crippen molar-refractivity contribution >= 4 is 27.9 Å². The Balaban J connectivity index is 2.09. The van der Waals surface area contributed by atoms with Gasteiger partial charge in [-0.2, -0.15) is 0 Å². The molecular weight excluding hydrogens is 232 g/mol. The Morgan fingerprint density at radius 3 is 2.82 bits per heavy atom. The van der Waals surface area contributed by atoms with Crippen LogP contribution in [0.25, 0.3) is 0 Å². The molecule has 1 aromatic carbocycles. The third-order valence-corrected chi connectivity index (χ3v) is 3.85. The number of hydrogen-bond donors (Lipinski definition) is 1. The number of anilines is 2. The predicted molar refractivity (Wildman–Crippen MR) is 70.0 cm³/mol.